The fourth-order valence-electron chi connectivity index (χ4n) is 2.24. The van der Waals surface area contributed by atoms with Crippen LogP contribution in [-0.2, 0) is 4.79 Å². The van der Waals surface area contributed by atoms with E-state index in [-0.39, 0.29) is 17.1 Å². The van der Waals surface area contributed by atoms with Gasteiger partial charge >= 0.3 is 0 Å². The minimum atomic E-state index is -0.324. The van der Waals surface area contributed by atoms with Crippen LogP contribution in [0.3, 0.4) is 0 Å². The highest BCUT2D eigenvalue weighted by Gasteiger charge is 2.36. The molecule has 2 rings (SSSR count). The lowest BCUT2D eigenvalue weighted by Crippen LogP contribution is -2.30. The van der Waals surface area contributed by atoms with Crippen molar-refractivity contribution in [2.24, 2.45) is 5.41 Å². The summed E-state index contributed by atoms with van der Waals surface area (Å²) in [7, 11) is 0. The maximum Gasteiger partial charge on any atom is 0.230 e. The molecular formula is C13H15BrFNO. The van der Waals surface area contributed by atoms with Crippen LogP contribution in [-0.4, -0.2) is 5.91 Å². The second kappa shape index (κ2) is 4.77. The molecule has 1 aromatic rings. The molecule has 1 aromatic carbocycles. The molecule has 17 heavy (non-hydrogen) atoms. The Bertz CT molecular complexity index is 441. The van der Waals surface area contributed by atoms with Gasteiger partial charge in [-0.2, -0.15) is 0 Å². The topological polar surface area (TPSA) is 29.1 Å². The van der Waals surface area contributed by atoms with E-state index in [4.69, 9.17) is 0 Å². The van der Waals surface area contributed by atoms with Crippen LogP contribution in [0.5, 0.6) is 0 Å². The Balaban J connectivity index is 2.10. The fourth-order valence-corrected chi connectivity index (χ4v) is 2.62. The standard InChI is InChI=1S/C13H15BrFNO/c1-13(6-2-3-7-13)12(17)16-9-4-5-11(15)10(14)8-9/h4-5,8H,2-3,6-7H2,1H3,(H,16,17). The average molecular weight is 300 g/mol. The van der Waals surface area contributed by atoms with Gasteiger partial charge in [0.15, 0.2) is 0 Å². The summed E-state index contributed by atoms with van der Waals surface area (Å²) >= 11 is 3.11. The number of hydrogen-bond acceptors (Lipinski definition) is 1. The largest absolute Gasteiger partial charge is 0.326 e. The Hall–Kier alpha value is -0.900. The number of anilines is 1. The molecule has 1 N–H and O–H groups in total. The number of benzene rings is 1. The molecule has 1 fully saturated rings. The maximum atomic E-state index is 13.1. The van der Waals surface area contributed by atoms with Crippen LogP contribution >= 0.6 is 15.9 Å². The van der Waals surface area contributed by atoms with Crippen molar-refractivity contribution in [3.8, 4) is 0 Å². The van der Waals surface area contributed by atoms with E-state index in [1.165, 1.54) is 6.07 Å². The second-order valence-electron chi connectivity index (χ2n) is 4.85. The van der Waals surface area contributed by atoms with Gasteiger partial charge in [-0.3, -0.25) is 4.79 Å². The van der Waals surface area contributed by atoms with Gasteiger partial charge in [-0.1, -0.05) is 19.8 Å². The van der Waals surface area contributed by atoms with E-state index in [9.17, 15) is 9.18 Å². The summed E-state index contributed by atoms with van der Waals surface area (Å²) in [5, 5.41) is 2.86. The first kappa shape index (κ1) is 12.6. The lowest BCUT2D eigenvalue weighted by Gasteiger charge is -2.22. The quantitative estimate of drug-likeness (QED) is 0.875. The van der Waals surface area contributed by atoms with E-state index in [2.05, 4.69) is 21.2 Å². The second-order valence-corrected chi connectivity index (χ2v) is 5.71. The molecule has 0 atom stereocenters. The highest BCUT2D eigenvalue weighted by Crippen LogP contribution is 2.38. The number of carbonyl (C=O) groups is 1. The van der Waals surface area contributed by atoms with Gasteiger partial charge in [0.05, 0.1) is 4.47 Å². The first-order valence-corrected chi connectivity index (χ1v) is 6.57. The van der Waals surface area contributed by atoms with Crippen molar-refractivity contribution in [2.75, 3.05) is 5.32 Å². The average Bonchev–Trinajstić information content (AvgIpc) is 2.72. The van der Waals surface area contributed by atoms with Crippen molar-refractivity contribution >= 4 is 27.5 Å². The van der Waals surface area contributed by atoms with Crippen molar-refractivity contribution in [1.82, 2.24) is 0 Å². The van der Waals surface area contributed by atoms with Crippen LogP contribution in [0.15, 0.2) is 22.7 Å². The zero-order valence-corrected chi connectivity index (χ0v) is 11.3. The number of halogens is 2. The van der Waals surface area contributed by atoms with Gasteiger partial charge in [0.2, 0.25) is 5.91 Å². The molecule has 0 aliphatic heterocycles. The van der Waals surface area contributed by atoms with Gasteiger partial charge in [-0.05, 0) is 47.0 Å². The van der Waals surface area contributed by atoms with E-state index < -0.39 is 0 Å². The number of nitrogens with one attached hydrogen (secondary N) is 1. The predicted molar refractivity (Wildman–Crippen MR) is 69.3 cm³/mol. The Morgan fingerprint density at radius 1 is 1.41 bits per heavy atom. The molecule has 0 spiro atoms. The summed E-state index contributed by atoms with van der Waals surface area (Å²) in [5.41, 5.74) is 0.373. The minimum absolute atomic E-state index is 0.0357. The molecule has 0 unspecified atom stereocenters. The maximum absolute atomic E-state index is 13.1. The molecule has 0 bridgehead atoms. The van der Waals surface area contributed by atoms with Crippen LogP contribution in [0.25, 0.3) is 0 Å². The molecule has 1 amide bonds. The SMILES string of the molecule is CC1(C(=O)Nc2ccc(F)c(Br)c2)CCCC1. The predicted octanol–water partition coefficient (Wildman–Crippen LogP) is 4.11. The summed E-state index contributed by atoms with van der Waals surface area (Å²) in [6.45, 7) is 1.99. The van der Waals surface area contributed by atoms with Crippen LogP contribution in [0.2, 0.25) is 0 Å². The lowest BCUT2D eigenvalue weighted by atomic mass is 9.88. The number of carbonyl (C=O) groups excluding carboxylic acids is 1. The third-order valence-electron chi connectivity index (χ3n) is 3.43. The fraction of sp³-hybridized carbons (Fsp3) is 0.462. The van der Waals surface area contributed by atoms with Crippen molar-refractivity contribution < 1.29 is 9.18 Å². The Morgan fingerprint density at radius 3 is 2.65 bits per heavy atom. The Kier molecular flexibility index (Phi) is 3.52. The molecule has 1 aliphatic rings. The van der Waals surface area contributed by atoms with E-state index in [1.54, 1.807) is 12.1 Å². The van der Waals surface area contributed by atoms with Gasteiger partial charge in [0.25, 0.3) is 0 Å². The molecule has 92 valence electrons. The van der Waals surface area contributed by atoms with Crippen molar-refractivity contribution in [3.05, 3.63) is 28.5 Å². The molecule has 0 aromatic heterocycles. The van der Waals surface area contributed by atoms with Gasteiger partial charge in [-0.25, -0.2) is 4.39 Å². The van der Waals surface area contributed by atoms with Crippen LogP contribution in [0.4, 0.5) is 10.1 Å². The molecule has 1 saturated carbocycles. The molecule has 0 saturated heterocycles. The summed E-state index contributed by atoms with van der Waals surface area (Å²) in [4.78, 5) is 12.1. The zero-order valence-electron chi connectivity index (χ0n) is 9.72. The van der Waals surface area contributed by atoms with E-state index >= 15 is 0 Å². The van der Waals surface area contributed by atoms with Gasteiger partial charge in [-0.15, -0.1) is 0 Å². The van der Waals surface area contributed by atoms with Crippen LogP contribution in [0, 0.1) is 11.2 Å². The normalized spacial score (nSPS) is 18.1. The van der Waals surface area contributed by atoms with Crippen molar-refractivity contribution in [1.29, 1.82) is 0 Å². The monoisotopic (exact) mass is 299 g/mol. The Morgan fingerprint density at radius 2 is 2.06 bits per heavy atom. The van der Waals surface area contributed by atoms with Crippen molar-refractivity contribution in [2.45, 2.75) is 32.6 Å². The summed E-state index contributed by atoms with van der Waals surface area (Å²) in [6, 6.07) is 4.51. The number of hydrogen-bond donors (Lipinski definition) is 1. The van der Waals surface area contributed by atoms with Gasteiger partial charge < -0.3 is 5.32 Å². The number of rotatable bonds is 2. The van der Waals surface area contributed by atoms with Gasteiger partial charge in [0, 0.05) is 11.1 Å². The smallest absolute Gasteiger partial charge is 0.230 e. The highest BCUT2D eigenvalue weighted by atomic mass is 79.9. The van der Waals surface area contributed by atoms with Crippen LogP contribution in [0.1, 0.15) is 32.6 Å². The van der Waals surface area contributed by atoms with Crippen molar-refractivity contribution in [3.63, 3.8) is 0 Å². The zero-order chi connectivity index (χ0) is 12.5. The molecule has 2 nitrogen and oxygen atoms in total. The van der Waals surface area contributed by atoms with Gasteiger partial charge in [0.1, 0.15) is 5.82 Å². The summed E-state index contributed by atoms with van der Waals surface area (Å²) < 4.78 is 13.4. The molecule has 1 aliphatic carbocycles. The number of amides is 1. The third kappa shape index (κ3) is 2.68. The highest BCUT2D eigenvalue weighted by molar-refractivity contribution is 9.10. The lowest BCUT2D eigenvalue weighted by molar-refractivity contribution is -0.124. The van der Waals surface area contributed by atoms with E-state index in [0.29, 0.717) is 10.2 Å². The molecule has 0 heterocycles. The van der Waals surface area contributed by atoms with Crippen LogP contribution < -0.4 is 5.32 Å². The molecule has 4 heteroatoms. The van der Waals surface area contributed by atoms with E-state index in [0.717, 1.165) is 25.7 Å². The first-order chi connectivity index (χ1) is 8.01. The van der Waals surface area contributed by atoms with E-state index in [1.807, 2.05) is 6.92 Å². The molecule has 0 radical (unpaired) electrons. The molecular weight excluding hydrogens is 285 g/mol. The summed E-state index contributed by atoms with van der Waals surface area (Å²) in [6.07, 6.45) is 4.08. The third-order valence-corrected chi connectivity index (χ3v) is 4.04. The minimum Gasteiger partial charge on any atom is -0.326 e. The first-order valence-electron chi connectivity index (χ1n) is 5.78. The Labute approximate surface area is 109 Å². The summed E-state index contributed by atoms with van der Waals surface area (Å²) in [5.74, 6) is -0.288.